The zero-order valence-corrected chi connectivity index (χ0v) is 11.7. The summed E-state index contributed by atoms with van der Waals surface area (Å²) in [5, 5.41) is 0. The number of hydrogen-bond acceptors (Lipinski definition) is 1. The van der Waals surface area contributed by atoms with Gasteiger partial charge in [-0.25, -0.2) is 0 Å². The van der Waals surface area contributed by atoms with E-state index in [4.69, 9.17) is 4.42 Å². The molecule has 1 aromatic carbocycles. The highest BCUT2D eigenvalue weighted by molar-refractivity contribution is 5.57. The third-order valence-corrected chi connectivity index (χ3v) is 3.20. The second-order valence-corrected chi connectivity index (χ2v) is 6.27. The van der Waals surface area contributed by atoms with Crippen LogP contribution in [0.3, 0.4) is 0 Å². The second kappa shape index (κ2) is 5.01. The van der Waals surface area contributed by atoms with Gasteiger partial charge in [-0.1, -0.05) is 52.0 Å². The third-order valence-electron chi connectivity index (χ3n) is 3.20. The molecule has 0 aliphatic carbocycles. The predicted molar refractivity (Wildman–Crippen MR) is 76.6 cm³/mol. The molecule has 1 nitrogen and oxygen atoms in total. The summed E-state index contributed by atoms with van der Waals surface area (Å²) in [5.74, 6) is 1.53. The summed E-state index contributed by atoms with van der Waals surface area (Å²) < 4.78 is 5.40. The Bertz CT molecular complexity index is 471. The molecule has 0 fully saturated rings. The van der Waals surface area contributed by atoms with E-state index in [2.05, 4.69) is 52.0 Å². The summed E-state index contributed by atoms with van der Waals surface area (Å²) in [4.78, 5) is 0. The molecule has 2 rings (SSSR count). The van der Waals surface area contributed by atoms with Crippen molar-refractivity contribution in [1.82, 2.24) is 0 Å². The lowest BCUT2D eigenvalue weighted by Crippen LogP contribution is -2.09. The Morgan fingerprint density at radius 3 is 2.22 bits per heavy atom. The molecule has 0 saturated heterocycles. The molecule has 2 aromatic rings. The van der Waals surface area contributed by atoms with Gasteiger partial charge in [0.1, 0.15) is 5.76 Å². The van der Waals surface area contributed by atoms with Crippen molar-refractivity contribution in [2.24, 2.45) is 5.41 Å². The first kappa shape index (κ1) is 12.9. The van der Waals surface area contributed by atoms with E-state index in [1.54, 1.807) is 6.26 Å². The first-order valence-corrected chi connectivity index (χ1v) is 6.59. The van der Waals surface area contributed by atoms with E-state index in [-0.39, 0.29) is 0 Å². The SMILES string of the molecule is CC(CC(C)(C)C)c1ccc(-c2ccco2)cc1. The molecule has 0 radical (unpaired) electrons. The maximum Gasteiger partial charge on any atom is 0.133 e. The molecule has 1 unspecified atom stereocenters. The van der Waals surface area contributed by atoms with Crippen LogP contribution < -0.4 is 0 Å². The summed E-state index contributed by atoms with van der Waals surface area (Å²) >= 11 is 0. The van der Waals surface area contributed by atoms with Gasteiger partial charge < -0.3 is 4.42 Å². The van der Waals surface area contributed by atoms with Gasteiger partial charge in [0.25, 0.3) is 0 Å². The van der Waals surface area contributed by atoms with Gasteiger partial charge in [-0.05, 0) is 35.4 Å². The molecule has 1 heterocycles. The van der Waals surface area contributed by atoms with Crippen molar-refractivity contribution in [3.05, 3.63) is 48.2 Å². The number of rotatable bonds is 3. The quantitative estimate of drug-likeness (QED) is 0.694. The molecule has 0 amide bonds. The summed E-state index contributed by atoms with van der Waals surface area (Å²) in [6.07, 6.45) is 2.92. The molecule has 0 aliphatic heterocycles. The standard InChI is InChI=1S/C17H22O/c1-13(12-17(2,3)4)14-7-9-15(10-8-14)16-6-5-11-18-16/h5-11,13H,12H2,1-4H3. The Kier molecular flexibility index (Phi) is 3.60. The number of hydrogen-bond donors (Lipinski definition) is 0. The van der Waals surface area contributed by atoms with Crippen LogP contribution in [0.2, 0.25) is 0 Å². The Labute approximate surface area is 110 Å². The van der Waals surface area contributed by atoms with E-state index in [1.165, 1.54) is 12.0 Å². The van der Waals surface area contributed by atoms with Crippen LogP contribution in [0.25, 0.3) is 11.3 Å². The first-order chi connectivity index (χ1) is 8.46. The molecular formula is C17H22O. The largest absolute Gasteiger partial charge is 0.464 e. The zero-order valence-electron chi connectivity index (χ0n) is 11.7. The van der Waals surface area contributed by atoms with Crippen molar-refractivity contribution in [3.63, 3.8) is 0 Å². The minimum Gasteiger partial charge on any atom is -0.464 e. The smallest absolute Gasteiger partial charge is 0.133 e. The van der Waals surface area contributed by atoms with E-state index < -0.39 is 0 Å². The number of furan rings is 1. The predicted octanol–water partition coefficient (Wildman–Crippen LogP) is 5.49. The molecule has 1 heteroatoms. The van der Waals surface area contributed by atoms with Crippen molar-refractivity contribution in [1.29, 1.82) is 0 Å². The molecule has 0 saturated carbocycles. The lowest BCUT2D eigenvalue weighted by molar-refractivity contribution is 0.349. The molecule has 96 valence electrons. The van der Waals surface area contributed by atoms with Crippen LogP contribution in [-0.4, -0.2) is 0 Å². The van der Waals surface area contributed by atoms with Gasteiger partial charge >= 0.3 is 0 Å². The van der Waals surface area contributed by atoms with Crippen LogP contribution in [0, 0.1) is 5.41 Å². The van der Waals surface area contributed by atoms with E-state index in [0.717, 1.165) is 11.3 Å². The van der Waals surface area contributed by atoms with E-state index in [9.17, 15) is 0 Å². The Hall–Kier alpha value is -1.50. The highest BCUT2D eigenvalue weighted by Crippen LogP contribution is 2.31. The average Bonchev–Trinajstić information content (AvgIpc) is 2.80. The van der Waals surface area contributed by atoms with Crippen molar-refractivity contribution in [3.8, 4) is 11.3 Å². The van der Waals surface area contributed by atoms with Crippen molar-refractivity contribution in [2.75, 3.05) is 0 Å². The van der Waals surface area contributed by atoms with Gasteiger partial charge in [0.15, 0.2) is 0 Å². The fraction of sp³-hybridized carbons (Fsp3) is 0.412. The maximum atomic E-state index is 5.40. The van der Waals surface area contributed by atoms with Gasteiger partial charge in [-0.2, -0.15) is 0 Å². The lowest BCUT2D eigenvalue weighted by Gasteiger charge is -2.23. The Balaban J connectivity index is 2.13. The highest BCUT2D eigenvalue weighted by Gasteiger charge is 2.16. The monoisotopic (exact) mass is 242 g/mol. The molecule has 1 aromatic heterocycles. The van der Waals surface area contributed by atoms with Crippen LogP contribution in [-0.2, 0) is 0 Å². The van der Waals surface area contributed by atoms with Crippen molar-refractivity contribution in [2.45, 2.75) is 40.0 Å². The molecule has 0 spiro atoms. The summed E-state index contributed by atoms with van der Waals surface area (Å²) in [7, 11) is 0. The summed E-state index contributed by atoms with van der Waals surface area (Å²) in [5.41, 5.74) is 2.92. The normalized spacial score (nSPS) is 13.6. The topological polar surface area (TPSA) is 13.1 Å². The van der Waals surface area contributed by atoms with Gasteiger partial charge in [0.05, 0.1) is 6.26 Å². The summed E-state index contributed by atoms with van der Waals surface area (Å²) in [6, 6.07) is 12.6. The first-order valence-electron chi connectivity index (χ1n) is 6.59. The van der Waals surface area contributed by atoms with Crippen LogP contribution in [0.15, 0.2) is 47.1 Å². The lowest BCUT2D eigenvalue weighted by atomic mass is 9.82. The van der Waals surface area contributed by atoms with E-state index >= 15 is 0 Å². The Morgan fingerprint density at radius 2 is 1.72 bits per heavy atom. The molecule has 1 atom stereocenters. The van der Waals surface area contributed by atoms with Crippen LogP contribution in [0.4, 0.5) is 0 Å². The average molecular weight is 242 g/mol. The van der Waals surface area contributed by atoms with Crippen LogP contribution in [0.1, 0.15) is 45.6 Å². The molecule has 0 aliphatic rings. The van der Waals surface area contributed by atoms with E-state index in [1.807, 2.05) is 12.1 Å². The second-order valence-electron chi connectivity index (χ2n) is 6.27. The summed E-state index contributed by atoms with van der Waals surface area (Å²) in [6.45, 7) is 9.18. The fourth-order valence-corrected chi connectivity index (χ4v) is 2.46. The van der Waals surface area contributed by atoms with Crippen molar-refractivity contribution < 1.29 is 4.42 Å². The van der Waals surface area contributed by atoms with Gasteiger partial charge in [-0.15, -0.1) is 0 Å². The number of benzene rings is 1. The van der Waals surface area contributed by atoms with Crippen molar-refractivity contribution >= 4 is 0 Å². The molecule has 0 N–H and O–H groups in total. The van der Waals surface area contributed by atoms with Gasteiger partial charge in [-0.3, -0.25) is 0 Å². The fourth-order valence-electron chi connectivity index (χ4n) is 2.46. The minimum atomic E-state index is 0.374. The molecular weight excluding hydrogens is 220 g/mol. The van der Waals surface area contributed by atoms with Crippen LogP contribution >= 0.6 is 0 Å². The van der Waals surface area contributed by atoms with Crippen LogP contribution in [0.5, 0.6) is 0 Å². The Morgan fingerprint density at radius 1 is 1.06 bits per heavy atom. The molecule has 18 heavy (non-hydrogen) atoms. The molecule has 0 bridgehead atoms. The zero-order chi connectivity index (χ0) is 13.2. The maximum absolute atomic E-state index is 5.40. The van der Waals surface area contributed by atoms with Gasteiger partial charge in [0.2, 0.25) is 0 Å². The third kappa shape index (κ3) is 3.25. The highest BCUT2D eigenvalue weighted by atomic mass is 16.3. The van der Waals surface area contributed by atoms with Gasteiger partial charge in [0, 0.05) is 5.56 Å². The van der Waals surface area contributed by atoms with E-state index in [0.29, 0.717) is 11.3 Å². The minimum absolute atomic E-state index is 0.374.